The lowest BCUT2D eigenvalue weighted by Gasteiger charge is -2.21. The molecule has 0 bridgehead atoms. The fourth-order valence-electron chi connectivity index (χ4n) is 3.99. The highest BCUT2D eigenvalue weighted by atomic mass is 16.5. The minimum Gasteiger partial charge on any atom is -0.364 e. The molecule has 1 saturated carbocycles. The first-order valence-electron chi connectivity index (χ1n) is 8.16. The zero-order chi connectivity index (χ0) is 15.8. The predicted octanol–water partition coefficient (Wildman–Crippen LogP) is 2.27. The van der Waals surface area contributed by atoms with Gasteiger partial charge in [-0.15, -0.1) is 0 Å². The highest BCUT2D eigenvalue weighted by Crippen LogP contribution is 2.60. The molecule has 3 unspecified atom stereocenters. The van der Waals surface area contributed by atoms with Gasteiger partial charge in [0.1, 0.15) is 12.0 Å². The molecule has 0 aliphatic heterocycles. The molecule has 4 rings (SSSR count). The van der Waals surface area contributed by atoms with Crippen LogP contribution in [0.5, 0.6) is 0 Å². The number of hydrogen-bond donors (Lipinski definition) is 1. The lowest BCUT2D eigenvalue weighted by atomic mass is 10.0. The molecule has 1 N–H and O–H groups in total. The van der Waals surface area contributed by atoms with E-state index in [9.17, 15) is 0 Å². The Morgan fingerprint density at radius 3 is 3.04 bits per heavy atom. The van der Waals surface area contributed by atoms with Gasteiger partial charge < -0.3 is 14.7 Å². The zero-order valence-electron chi connectivity index (χ0n) is 13.6. The predicted molar refractivity (Wildman–Crippen MR) is 89.2 cm³/mol. The highest BCUT2D eigenvalue weighted by molar-refractivity contribution is 5.79. The van der Waals surface area contributed by atoms with Crippen LogP contribution in [0.2, 0.25) is 0 Å². The van der Waals surface area contributed by atoms with Gasteiger partial charge in [-0.1, -0.05) is 29.4 Å². The number of benzene rings is 1. The molecule has 0 amide bonds. The van der Waals surface area contributed by atoms with Crippen molar-refractivity contribution in [3.8, 4) is 0 Å². The number of rotatable bonds is 4. The third kappa shape index (κ3) is 2.60. The maximum absolute atomic E-state index is 4.88. The van der Waals surface area contributed by atoms with E-state index in [-0.39, 0.29) is 0 Å². The summed E-state index contributed by atoms with van der Waals surface area (Å²) in [4.78, 5) is 6.45. The summed E-state index contributed by atoms with van der Waals surface area (Å²) in [6.45, 7) is 1.68. The molecule has 5 nitrogen and oxygen atoms in total. The maximum atomic E-state index is 4.88. The Labute approximate surface area is 136 Å². The van der Waals surface area contributed by atoms with Gasteiger partial charge in [-0.3, -0.25) is 4.99 Å². The standard InChI is InChI=1S/C18H22N4O/c1-19-18(22(2)11-13-7-8-23-21-13)20-10-16-15-9-12-5-3-4-6-14(12)17(15)16/h3-8,15-17H,9-11H2,1-2H3,(H,19,20). The number of guanidine groups is 1. The van der Waals surface area contributed by atoms with E-state index >= 15 is 0 Å². The van der Waals surface area contributed by atoms with Crippen LogP contribution < -0.4 is 5.32 Å². The SMILES string of the molecule is CN=C(NCC1C2Cc3ccccc3C12)N(C)Cc1ccon1. The Balaban J connectivity index is 1.33. The summed E-state index contributed by atoms with van der Waals surface area (Å²) in [5.74, 6) is 3.21. The Hall–Kier alpha value is -2.30. The van der Waals surface area contributed by atoms with Crippen molar-refractivity contribution in [1.82, 2.24) is 15.4 Å². The number of aliphatic imine (C=N–C) groups is 1. The molecule has 2 aliphatic rings. The number of fused-ring (bicyclic) bond motifs is 3. The van der Waals surface area contributed by atoms with Crippen molar-refractivity contribution in [2.75, 3.05) is 20.6 Å². The molecule has 1 heterocycles. The highest BCUT2D eigenvalue weighted by Gasteiger charge is 2.54. The van der Waals surface area contributed by atoms with Crippen molar-refractivity contribution in [3.05, 3.63) is 53.4 Å². The average molecular weight is 310 g/mol. The van der Waals surface area contributed by atoms with Gasteiger partial charge in [0, 0.05) is 26.7 Å². The summed E-state index contributed by atoms with van der Waals surface area (Å²) in [6, 6.07) is 10.8. The van der Waals surface area contributed by atoms with E-state index in [1.165, 1.54) is 6.42 Å². The fraction of sp³-hybridized carbons (Fsp3) is 0.444. The number of nitrogens with one attached hydrogen (secondary N) is 1. The number of aromatic nitrogens is 1. The molecule has 2 aliphatic carbocycles. The van der Waals surface area contributed by atoms with E-state index < -0.39 is 0 Å². The van der Waals surface area contributed by atoms with E-state index in [1.54, 1.807) is 17.4 Å². The Bertz CT molecular complexity index is 710. The summed E-state index contributed by atoms with van der Waals surface area (Å²) in [7, 11) is 3.84. The van der Waals surface area contributed by atoms with Crippen molar-refractivity contribution < 1.29 is 4.52 Å². The first-order valence-corrected chi connectivity index (χ1v) is 8.16. The van der Waals surface area contributed by atoms with Crippen LogP contribution in [-0.2, 0) is 13.0 Å². The molecule has 0 saturated heterocycles. The molecule has 1 aromatic heterocycles. The molecule has 2 aromatic rings. The summed E-state index contributed by atoms with van der Waals surface area (Å²) in [5.41, 5.74) is 4.02. The second kappa shape index (κ2) is 5.72. The molecule has 23 heavy (non-hydrogen) atoms. The third-order valence-corrected chi connectivity index (χ3v) is 5.16. The molecule has 1 fully saturated rings. The van der Waals surface area contributed by atoms with Gasteiger partial charge in [0.05, 0.1) is 6.54 Å². The van der Waals surface area contributed by atoms with Gasteiger partial charge in [-0.25, -0.2) is 0 Å². The van der Waals surface area contributed by atoms with Crippen LogP contribution in [0.15, 0.2) is 46.1 Å². The van der Waals surface area contributed by atoms with E-state index in [4.69, 9.17) is 4.52 Å². The Kier molecular flexibility index (Phi) is 3.56. The molecule has 0 spiro atoms. The lowest BCUT2D eigenvalue weighted by molar-refractivity contribution is 0.390. The van der Waals surface area contributed by atoms with Crippen LogP contribution in [-0.4, -0.2) is 36.7 Å². The van der Waals surface area contributed by atoms with Gasteiger partial charge in [-0.05, 0) is 35.3 Å². The van der Waals surface area contributed by atoms with Crippen LogP contribution in [0.3, 0.4) is 0 Å². The number of nitrogens with zero attached hydrogens (tertiary/aromatic N) is 3. The van der Waals surface area contributed by atoms with E-state index in [0.29, 0.717) is 6.54 Å². The van der Waals surface area contributed by atoms with Crippen LogP contribution >= 0.6 is 0 Å². The maximum Gasteiger partial charge on any atom is 0.193 e. The molecule has 5 heteroatoms. The second-order valence-corrected chi connectivity index (χ2v) is 6.53. The summed E-state index contributed by atoms with van der Waals surface area (Å²) < 4.78 is 4.88. The minimum atomic E-state index is 0.691. The topological polar surface area (TPSA) is 53.7 Å². The minimum absolute atomic E-state index is 0.691. The average Bonchev–Trinajstić information content (AvgIpc) is 2.94. The van der Waals surface area contributed by atoms with Crippen molar-refractivity contribution in [2.45, 2.75) is 18.9 Å². The molecule has 0 radical (unpaired) electrons. The fourth-order valence-corrected chi connectivity index (χ4v) is 3.99. The van der Waals surface area contributed by atoms with Crippen molar-refractivity contribution in [2.24, 2.45) is 16.8 Å². The lowest BCUT2D eigenvalue weighted by Crippen LogP contribution is -2.39. The van der Waals surface area contributed by atoms with Gasteiger partial charge in [0.2, 0.25) is 0 Å². The van der Waals surface area contributed by atoms with Gasteiger partial charge in [0.25, 0.3) is 0 Å². The zero-order valence-corrected chi connectivity index (χ0v) is 13.6. The van der Waals surface area contributed by atoms with Gasteiger partial charge in [-0.2, -0.15) is 0 Å². The summed E-state index contributed by atoms with van der Waals surface area (Å²) in [5, 5.41) is 7.47. The summed E-state index contributed by atoms with van der Waals surface area (Å²) >= 11 is 0. The molecule has 3 atom stereocenters. The van der Waals surface area contributed by atoms with Crippen LogP contribution in [0.25, 0.3) is 0 Å². The Morgan fingerprint density at radius 2 is 2.26 bits per heavy atom. The molecule has 120 valence electrons. The Morgan fingerprint density at radius 1 is 1.39 bits per heavy atom. The van der Waals surface area contributed by atoms with E-state index in [0.717, 1.165) is 36.0 Å². The van der Waals surface area contributed by atoms with E-state index in [2.05, 4.69) is 44.6 Å². The first-order chi connectivity index (χ1) is 11.3. The molecule has 1 aromatic carbocycles. The van der Waals surface area contributed by atoms with Crippen molar-refractivity contribution >= 4 is 5.96 Å². The largest absolute Gasteiger partial charge is 0.364 e. The molecular formula is C18H22N4O. The third-order valence-electron chi connectivity index (χ3n) is 5.16. The monoisotopic (exact) mass is 310 g/mol. The quantitative estimate of drug-likeness (QED) is 0.695. The smallest absolute Gasteiger partial charge is 0.193 e. The normalized spacial score (nSPS) is 25.0. The summed E-state index contributed by atoms with van der Waals surface area (Å²) in [6.07, 6.45) is 2.84. The van der Waals surface area contributed by atoms with Crippen LogP contribution in [0, 0.1) is 11.8 Å². The van der Waals surface area contributed by atoms with Crippen molar-refractivity contribution in [1.29, 1.82) is 0 Å². The first kappa shape index (κ1) is 14.3. The molecular weight excluding hydrogens is 288 g/mol. The number of hydrogen-bond acceptors (Lipinski definition) is 3. The van der Waals surface area contributed by atoms with Gasteiger partial charge >= 0.3 is 0 Å². The van der Waals surface area contributed by atoms with E-state index in [1.807, 2.05) is 20.2 Å². The van der Waals surface area contributed by atoms with Gasteiger partial charge in [0.15, 0.2) is 5.96 Å². The van der Waals surface area contributed by atoms with Crippen LogP contribution in [0.4, 0.5) is 0 Å². The second-order valence-electron chi connectivity index (χ2n) is 6.53. The van der Waals surface area contributed by atoms with Crippen molar-refractivity contribution in [3.63, 3.8) is 0 Å². The van der Waals surface area contributed by atoms with Crippen LogP contribution in [0.1, 0.15) is 22.7 Å².